The number of anilines is 1. The Morgan fingerprint density at radius 1 is 1.38 bits per heavy atom. The van der Waals surface area contributed by atoms with Crippen LogP contribution >= 0.6 is 0 Å². The molecule has 1 aliphatic rings. The SMILES string of the molecule is CC(=O)Cc1cncnc1N1CCCCC1. The van der Waals surface area contributed by atoms with E-state index in [0.717, 1.165) is 24.5 Å². The molecule has 1 aliphatic heterocycles. The largest absolute Gasteiger partial charge is 0.356 e. The van der Waals surface area contributed by atoms with Crippen molar-refractivity contribution >= 4 is 11.6 Å². The molecule has 1 aromatic rings. The first kappa shape index (κ1) is 11.0. The second kappa shape index (κ2) is 5.05. The molecular formula is C12H17N3O. The molecule has 0 bridgehead atoms. The number of piperidine rings is 1. The molecule has 0 saturated carbocycles. The van der Waals surface area contributed by atoms with Gasteiger partial charge in [-0.3, -0.25) is 4.79 Å². The fraction of sp³-hybridized carbons (Fsp3) is 0.583. The molecule has 86 valence electrons. The maximum absolute atomic E-state index is 11.2. The number of carbonyl (C=O) groups is 1. The average molecular weight is 219 g/mol. The van der Waals surface area contributed by atoms with Crippen LogP contribution in [0.3, 0.4) is 0 Å². The minimum absolute atomic E-state index is 0.160. The number of aromatic nitrogens is 2. The summed E-state index contributed by atoms with van der Waals surface area (Å²) in [7, 11) is 0. The lowest BCUT2D eigenvalue weighted by Gasteiger charge is -2.28. The van der Waals surface area contributed by atoms with E-state index in [0.29, 0.717) is 6.42 Å². The van der Waals surface area contributed by atoms with E-state index in [2.05, 4.69) is 14.9 Å². The second-order valence-corrected chi connectivity index (χ2v) is 4.30. The fourth-order valence-electron chi connectivity index (χ4n) is 2.14. The Morgan fingerprint density at radius 2 is 2.12 bits per heavy atom. The summed E-state index contributed by atoms with van der Waals surface area (Å²) in [4.78, 5) is 21.8. The molecule has 1 aromatic heterocycles. The smallest absolute Gasteiger partial charge is 0.135 e. The third-order valence-electron chi connectivity index (χ3n) is 2.86. The first-order chi connectivity index (χ1) is 7.77. The van der Waals surface area contributed by atoms with Gasteiger partial charge in [0.05, 0.1) is 0 Å². The van der Waals surface area contributed by atoms with E-state index < -0.39 is 0 Å². The van der Waals surface area contributed by atoms with E-state index in [4.69, 9.17) is 0 Å². The molecule has 1 saturated heterocycles. The van der Waals surface area contributed by atoms with Gasteiger partial charge in [-0.2, -0.15) is 0 Å². The zero-order chi connectivity index (χ0) is 11.4. The predicted octanol–water partition coefficient (Wildman–Crippen LogP) is 1.60. The summed E-state index contributed by atoms with van der Waals surface area (Å²) >= 11 is 0. The topological polar surface area (TPSA) is 46.1 Å². The minimum atomic E-state index is 0.160. The highest BCUT2D eigenvalue weighted by molar-refractivity contribution is 5.79. The molecular weight excluding hydrogens is 202 g/mol. The lowest BCUT2D eigenvalue weighted by molar-refractivity contribution is -0.116. The molecule has 0 N–H and O–H groups in total. The van der Waals surface area contributed by atoms with Crippen LogP contribution in [0.4, 0.5) is 5.82 Å². The number of carbonyl (C=O) groups excluding carboxylic acids is 1. The van der Waals surface area contributed by atoms with Gasteiger partial charge in [0.25, 0.3) is 0 Å². The van der Waals surface area contributed by atoms with Crippen molar-refractivity contribution in [2.45, 2.75) is 32.6 Å². The van der Waals surface area contributed by atoms with Gasteiger partial charge >= 0.3 is 0 Å². The number of hydrogen-bond donors (Lipinski definition) is 0. The monoisotopic (exact) mass is 219 g/mol. The van der Waals surface area contributed by atoms with Gasteiger partial charge in [-0.15, -0.1) is 0 Å². The molecule has 0 atom stereocenters. The lowest BCUT2D eigenvalue weighted by atomic mass is 10.1. The van der Waals surface area contributed by atoms with Crippen molar-refractivity contribution in [1.29, 1.82) is 0 Å². The van der Waals surface area contributed by atoms with Crippen LogP contribution < -0.4 is 4.90 Å². The predicted molar refractivity (Wildman–Crippen MR) is 62.5 cm³/mol. The Kier molecular flexibility index (Phi) is 3.49. The number of ketones is 1. The lowest BCUT2D eigenvalue weighted by Crippen LogP contribution is -2.31. The summed E-state index contributed by atoms with van der Waals surface area (Å²) in [5.74, 6) is 1.11. The third kappa shape index (κ3) is 2.56. The normalized spacial score (nSPS) is 16.2. The third-order valence-corrected chi connectivity index (χ3v) is 2.86. The summed E-state index contributed by atoms with van der Waals surface area (Å²) in [6.07, 6.45) is 7.48. The van der Waals surface area contributed by atoms with Gasteiger partial charge in [-0.05, 0) is 26.2 Å². The molecule has 0 aliphatic carbocycles. The minimum Gasteiger partial charge on any atom is -0.356 e. The maximum Gasteiger partial charge on any atom is 0.135 e. The Balaban J connectivity index is 2.20. The Hall–Kier alpha value is -1.45. The molecule has 0 spiro atoms. The highest BCUT2D eigenvalue weighted by Gasteiger charge is 2.16. The Morgan fingerprint density at radius 3 is 2.81 bits per heavy atom. The van der Waals surface area contributed by atoms with Crippen molar-refractivity contribution in [3.8, 4) is 0 Å². The van der Waals surface area contributed by atoms with E-state index in [1.807, 2.05) is 0 Å². The zero-order valence-corrected chi connectivity index (χ0v) is 9.65. The van der Waals surface area contributed by atoms with Gasteiger partial charge in [0.1, 0.15) is 17.9 Å². The summed E-state index contributed by atoms with van der Waals surface area (Å²) in [6, 6.07) is 0. The van der Waals surface area contributed by atoms with E-state index in [1.165, 1.54) is 19.3 Å². The van der Waals surface area contributed by atoms with Crippen LogP contribution in [0, 0.1) is 0 Å². The zero-order valence-electron chi connectivity index (χ0n) is 9.65. The number of hydrogen-bond acceptors (Lipinski definition) is 4. The van der Waals surface area contributed by atoms with Gasteiger partial charge in [0.15, 0.2) is 0 Å². The fourth-order valence-corrected chi connectivity index (χ4v) is 2.14. The van der Waals surface area contributed by atoms with Crippen molar-refractivity contribution in [2.75, 3.05) is 18.0 Å². The van der Waals surface area contributed by atoms with Gasteiger partial charge in [-0.25, -0.2) is 9.97 Å². The van der Waals surface area contributed by atoms with Gasteiger partial charge < -0.3 is 4.90 Å². The molecule has 2 heterocycles. The van der Waals surface area contributed by atoms with Crippen LogP contribution in [-0.4, -0.2) is 28.8 Å². The van der Waals surface area contributed by atoms with Crippen LogP contribution in [0.25, 0.3) is 0 Å². The van der Waals surface area contributed by atoms with E-state index in [-0.39, 0.29) is 5.78 Å². The summed E-state index contributed by atoms with van der Waals surface area (Å²) in [5.41, 5.74) is 0.955. The highest BCUT2D eigenvalue weighted by Crippen LogP contribution is 2.21. The van der Waals surface area contributed by atoms with Crippen molar-refractivity contribution in [3.63, 3.8) is 0 Å². The van der Waals surface area contributed by atoms with Crippen LogP contribution in [0.15, 0.2) is 12.5 Å². The molecule has 16 heavy (non-hydrogen) atoms. The molecule has 4 nitrogen and oxygen atoms in total. The van der Waals surface area contributed by atoms with Crippen molar-refractivity contribution in [1.82, 2.24) is 9.97 Å². The van der Waals surface area contributed by atoms with E-state index >= 15 is 0 Å². The molecule has 0 amide bonds. The average Bonchev–Trinajstić information content (AvgIpc) is 2.30. The first-order valence-corrected chi connectivity index (χ1v) is 5.80. The number of rotatable bonds is 3. The van der Waals surface area contributed by atoms with Crippen LogP contribution in [-0.2, 0) is 11.2 Å². The molecule has 0 unspecified atom stereocenters. The molecule has 0 aromatic carbocycles. The first-order valence-electron chi connectivity index (χ1n) is 5.80. The molecule has 0 radical (unpaired) electrons. The summed E-state index contributed by atoms with van der Waals surface area (Å²) in [5, 5.41) is 0. The van der Waals surface area contributed by atoms with E-state index in [9.17, 15) is 4.79 Å². The standard InChI is InChI=1S/C12H17N3O/c1-10(16)7-11-8-13-9-14-12(11)15-5-3-2-4-6-15/h8-9H,2-7H2,1H3. The molecule has 2 rings (SSSR count). The highest BCUT2D eigenvalue weighted by atomic mass is 16.1. The van der Waals surface area contributed by atoms with Gasteiger partial charge in [0.2, 0.25) is 0 Å². The molecule has 4 heteroatoms. The van der Waals surface area contributed by atoms with Crippen LogP contribution in [0.5, 0.6) is 0 Å². The second-order valence-electron chi connectivity index (χ2n) is 4.30. The van der Waals surface area contributed by atoms with Crippen molar-refractivity contribution in [3.05, 3.63) is 18.1 Å². The van der Waals surface area contributed by atoms with Crippen molar-refractivity contribution < 1.29 is 4.79 Å². The summed E-state index contributed by atoms with van der Waals surface area (Å²) in [6.45, 7) is 3.69. The van der Waals surface area contributed by atoms with Gasteiger partial charge in [-0.1, -0.05) is 0 Å². The Bertz CT molecular complexity index is 372. The van der Waals surface area contributed by atoms with Gasteiger partial charge in [0, 0.05) is 31.3 Å². The van der Waals surface area contributed by atoms with Crippen molar-refractivity contribution in [2.24, 2.45) is 0 Å². The number of Topliss-reactive ketones (excluding diaryl/α,β-unsaturated/α-hetero) is 1. The van der Waals surface area contributed by atoms with Crippen LogP contribution in [0.1, 0.15) is 31.7 Å². The maximum atomic E-state index is 11.2. The van der Waals surface area contributed by atoms with E-state index in [1.54, 1.807) is 19.4 Å². The number of nitrogens with zero attached hydrogens (tertiary/aromatic N) is 3. The van der Waals surface area contributed by atoms with Crippen LogP contribution in [0.2, 0.25) is 0 Å². The summed E-state index contributed by atoms with van der Waals surface area (Å²) < 4.78 is 0. The molecule has 1 fully saturated rings. The quantitative estimate of drug-likeness (QED) is 0.774. The Labute approximate surface area is 95.7 Å².